The first-order valence-electron chi connectivity index (χ1n) is 10.1. The molecule has 1 atom stereocenters. The Labute approximate surface area is 186 Å². The van der Waals surface area contributed by atoms with Crippen molar-refractivity contribution in [3.05, 3.63) is 48.5 Å². The minimum atomic E-state index is -0.428. The lowest BCUT2D eigenvalue weighted by Gasteiger charge is -2.17. The van der Waals surface area contributed by atoms with Crippen LogP contribution in [-0.4, -0.2) is 44.5 Å². The van der Waals surface area contributed by atoms with Crippen LogP contribution in [0.2, 0.25) is 0 Å². The number of methoxy groups -OCH3 is 1. The molecule has 2 N–H and O–H groups in total. The molecule has 1 aliphatic rings. The smallest absolute Gasteiger partial charge is 0.227 e. The van der Waals surface area contributed by atoms with E-state index < -0.39 is 5.92 Å². The Hall–Kier alpha value is -3.99. The van der Waals surface area contributed by atoms with Gasteiger partial charge in [-0.3, -0.25) is 14.4 Å². The van der Waals surface area contributed by atoms with E-state index in [1.165, 1.54) is 6.92 Å². The summed E-state index contributed by atoms with van der Waals surface area (Å²) < 4.78 is 10.7. The summed E-state index contributed by atoms with van der Waals surface area (Å²) in [5.74, 6) is 6.01. The minimum Gasteiger partial charge on any atom is -0.497 e. The molecule has 3 rings (SSSR count). The van der Waals surface area contributed by atoms with Crippen LogP contribution in [0.3, 0.4) is 0 Å². The Kier molecular flexibility index (Phi) is 7.70. The number of hydrogen-bond acceptors (Lipinski definition) is 5. The lowest BCUT2D eigenvalue weighted by molar-refractivity contribution is -0.126. The first-order valence-corrected chi connectivity index (χ1v) is 10.1. The van der Waals surface area contributed by atoms with E-state index in [1.807, 2.05) is 12.1 Å². The summed E-state index contributed by atoms with van der Waals surface area (Å²) in [6, 6.07) is 14.2. The third kappa shape index (κ3) is 6.25. The second-order valence-electron chi connectivity index (χ2n) is 7.18. The fourth-order valence-electron chi connectivity index (χ4n) is 3.29. The van der Waals surface area contributed by atoms with Crippen molar-refractivity contribution in [2.24, 2.45) is 5.92 Å². The van der Waals surface area contributed by atoms with Gasteiger partial charge in [0.25, 0.3) is 0 Å². The van der Waals surface area contributed by atoms with E-state index in [9.17, 15) is 14.4 Å². The van der Waals surface area contributed by atoms with E-state index in [1.54, 1.807) is 48.4 Å². The maximum atomic E-state index is 12.4. The summed E-state index contributed by atoms with van der Waals surface area (Å²) in [6.07, 6.45) is 0.157. The van der Waals surface area contributed by atoms with Gasteiger partial charge in [0.1, 0.15) is 18.1 Å². The molecular formula is C24H25N3O5. The van der Waals surface area contributed by atoms with Crippen LogP contribution >= 0.6 is 0 Å². The second kappa shape index (κ2) is 10.9. The SMILES string of the molecule is COc1cccc(N2CC(C(=O)NCC#CCOc3cccc(NC(C)=O)c3)CC2=O)c1. The maximum Gasteiger partial charge on any atom is 0.227 e. The summed E-state index contributed by atoms with van der Waals surface area (Å²) in [5.41, 5.74) is 1.36. The highest BCUT2D eigenvalue weighted by Gasteiger charge is 2.35. The third-order valence-electron chi connectivity index (χ3n) is 4.80. The van der Waals surface area contributed by atoms with Crippen LogP contribution in [0.1, 0.15) is 13.3 Å². The minimum absolute atomic E-state index is 0.0978. The van der Waals surface area contributed by atoms with E-state index >= 15 is 0 Å². The zero-order chi connectivity index (χ0) is 22.9. The Morgan fingerprint density at radius 3 is 2.69 bits per heavy atom. The molecule has 32 heavy (non-hydrogen) atoms. The van der Waals surface area contributed by atoms with Gasteiger partial charge in [-0.25, -0.2) is 0 Å². The number of amides is 3. The zero-order valence-corrected chi connectivity index (χ0v) is 18.0. The van der Waals surface area contributed by atoms with Crippen molar-refractivity contribution < 1.29 is 23.9 Å². The molecule has 2 aromatic carbocycles. The highest BCUT2D eigenvalue weighted by atomic mass is 16.5. The number of hydrogen-bond donors (Lipinski definition) is 2. The molecule has 1 heterocycles. The molecule has 2 aromatic rings. The summed E-state index contributed by atoms with van der Waals surface area (Å²) in [5, 5.41) is 5.43. The number of carbonyl (C=O) groups excluding carboxylic acids is 3. The largest absolute Gasteiger partial charge is 0.497 e. The molecule has 1 saturated heterocycles. The molecule has 8 nitrogen and oxygen atoms in total. The van der Waals surface area contributed by atoms with Crippen LogP contribution in [0.4, 0.5) is 11.4 Å². The Bertz CT molecular complexity index is 1060. The van der Waals surface area contributed by atoms with Gasteiger partial charge in [0.05, 0.1) is 19.6 Å². The lowest BCUT2D eigenvalue weighted by atomic mass is 10.1. The Balaban J connectivity index is 1.43. The number of rotatable bonds is 7. The van der Waals surface area contributed by atoms with E-state index in [0.717, 1.165) is 0 Å². The summed E-state index contributed by atoms with van der Waals surface area (Å²) in [7, 11) is 1.57. The molecule has 0 aromatic heterocycles. The molecular weight excluding hydrogens is 410 g/mol. The normalized spacial score (nSPS) is 14.9. The summed E-state index contributed by atoms with van der Waals surface area (Å²) in [6.45, 7) is 2.06. The summed E-state index contributed by atoms with van der Waals surface area (Å²) >= 11 is 0. The summed E-state index contributed by atoms with van der Waals surface area (Å²) in [4.78, 5) is 37.5. The van der Waals surface area contributed by atoms with Gasteiger partial charge >= 0.3 is 0 Å². The molecule has 0 bridgehead atoms. The molecule has 0 saturated carbocycles. The van der Waals surface area contributed by atoms with Gasteiger partial charge in [0, 0.05) is 43.4 Å². The van der Waals surface area contributed by atoms with Gasteiger partial charge in [-0.1, -0.05) is 24.0 Å². The second-order valence-corrected chi connectivity index (χ2v) is 7.18. The van der Waals surface area contributed by atoms with Crippen molar-refractivity contribution in [3.8, 4) is 23.3 Å². The first-order chi connectivity index (χ1) is 15.5. The van der Waals surface area contributed by atoms with Crippen LogP contribution in [0.25, 0.3) is 0 Å². The number of ether oxygens (including phenoxy) is 2. The predicted octanol–water partition coefficient (Wildman–Crippen LogP) is 2.21. The molecule has 3 amide bonds. The van der Waals surface area contributed by atoms with Crippen molar-refractivity contribution >= 4 is 29.1 Å². The van der Waals surface area contributed by atoms with Crippen molar-refractivity contribution in [2.75, 3.05) is 37.0 Å². The number of carbonyl (C=O) groups is 3. The monoisotopic (exact) mass is 435 g/mol. The average molecular weight is 435 g/mol. The lowest BCUT2D eigenvalue weighted by Crippen LogP contribution is -2.33. The van der Waals surface area contributed by atoms with Crippen molar-refractivity contribution in [3.63, 3.8) is 0 Å². The van der Waals surface area contributed by atoms with Crippen molar-refractivity contribution in [2.45, 2.75) is 13.3 Å². The van der Waals surface area contributed by atoms with E-state index in [0.29, 0.717) is 29.4 Å². The fraction of sp³-hybridized carbons (Fsp3) is 0.292. The van der Waals surface area contributed by atoms with Crippen LogP contribution in [0.5, 0.6) is 11.5 Å². The maximum absolute atomic E-state index is 12.4. The standard InChI is InChI=1S/C24H25N3O5/c1-17(28)26-19-7-5-10-22(14-19)32-12-4-3-11-25-24(30)18-13-23(29)27(16-18)20-8-6-9-21(15-20)31-2/h5-10,14-15,18H,11-13,16H2,1-2H3,(H,25,30)(H,26,28). The van der Waals surface area contributed by atoms with Crippen LogP contribution < -0.4 is 25.0 Å². The number of nitrogens with one attached hydrogen (secondary N) is 2. The van der Waals surface area contributed by atoms with E-state index in [2.05, 4.69) is 22.5 Å². The third-order valence-corrected chi connectivity index (χ3v) is 4.80. The van der Waals surface area contributed by atoms with E-state index in [-0.39, 0.29) is 37.3 Å². The molecule has 0 aliphatic carbocycles. The van der Waals surface area contributed by atoms with Gasteiger partial charge in [-0.2, -0.15) is 0 Å². The molecule has 1 aliphatic heterocycles. The van der Waals surface area contributed by atoms with E-state index in [4.69, 9.17) is 9.47 Å². The van der Waals surface area contributed by atoms with Crippen LogP contribution in [0.15, 0.2) is 48.5 Å². The van der Waals surface area contributed by atoms with Crippen molar-refractivity contribution in [1.29, 1.82) is 0 Å². The Morgan fingerprint density at radius 2 is 1.91 bits per heavy atom. The quantitative estimate of drug-likeness (QED) is 0.650. The number of benzene rings is 2. The number of anilines is 2. The van der Waals surface area contributed by atoms with Gasteiger partial charge in [0.15, 0.2) is 0 Å². The molecule has 1 fully saturated rings. The predicted molar refractivity (Wildman–Crippen MR) is 120 cm³/mol. The fourth-order valence-corrected chi connectivity index (χ4v) is 3.29. The molecule has 0 spiro atoms. The Morgan fingerprint density at radius 1 is 1.12 bits per heavy atom. The zero-order valence-electron chi connectivity index (χ0n) is 18.0. The van der Waals surface area contributed by atoms with Crippen LogP contribution in [-0.2, 0) is 14.4 Å². The van der Waals surface area contributed by atoms with Gasteiger partial charge in [-0.15, -0.1) is 0 Å². The van der Waals surface area contributed by atoms with Gasteiger partial charge in [-0.05, 0) is 24.3 Å². The van der Waals surface area contributed by atoms with Crippen LogP contribution in [0, 0.1) is 17.8 Å². The first kappa shape index (κ1) is 22.7. The topological polar surface area (TPSA) is 97.0 Å². The number of nitrogens with zero attached hydrogens (tertiary/aromatic N) is 1. The molecule has 166 valence electrons. The van der Waals surface area contributed by atoms with Crippen molar-refractivity contribution in [1.82, 2.24) is 5.32 Å². The molecule has 8 heteroatoms. The molecule has 0 radical (unpaired) electrons. The average Bonchev–Trinajstić information content (AvgIpc) is 3.17. The van der Waals surface area contributed by atoms with Gasteiger partial charge < -0.3 is 25.0 Å². The van der Waals surface area contributed by atoms with Gasteiger partial charge in [0.2, 0.25) is 17.7 Å². The molecule has 1 unspecified atom stereocenters. The highest BCUT2D eigenvalue weighted by Crippen LogP contribution is 2.27. The highest BCUT2D eigenvalue weighted by molar-refractivity contribution is 6.00.